The van der Waals surface area contributed by atoms with Crippen LogP contribution in [0.3, 0.4) is 0 Å². The van der Waals surface area contributed by atoms with Gasteiger partial charge in [-0.1, -0.05) is 11.3 Å². The number of ether oxygens (including phenoxy) is 3. The summed E-state index contributed by atoms with van der Waals surface area (Å²) >= 11 is 1.42. The number of fused-ring (bicyclic) bond motifs is 3. The van der Waals surface area contributed by atoms with Gasteiger partial charge >= 0.3 is 5.97 Å². The van der Waals surface area contributed by atoms with Crippen LogP contribution in [0.4, 0.5) is 5.13 Å². The topological polar surface area (TPSA) is 117 Å². The van der Waals surface area contributed by atoms with E-state index in [1.54, 1.807) is 19.4 Å². The molecule has 0 spiro atoms. The normalized spacial score (nSPS) is 18.7. The van der Waals surface area contributed by atoms with Crippen LogP contribution in [0.15, 0.2) is 18.3 Å². The average Bonchev–Trinajstić information content (AvgIpc) is 3.45. The molecule has 2 aliphatic rings. The molecule has 184 valence electrons. The Labute approximate surface area is 206 Å². The lowest BCUT2D eigenvalue weighted by molar-refractivity contribution is -0.149. The summed E-state index contributed by atoms with van der Waals surface area (Å²) in [6.45, 7) is 3.98. The standard InChI is InChI=1S/C24H27N5O5S/c1-4-33-23(31)14-5-8-16(9-6-14)29-20-21(19(28-29)15-7-10-18(32-3)25-11-15)34-12-17-22(20)35-24(27-17)26-13(2)30/h7,10-11,14,16H,4-6,8-9,12H2,1-3H3,(H,26,27,30)/t14-,16-. The predicted octanol–water partition coefficient (Wildman–Crippen LogP) is 4.22. The summed E-state index contributed by atoms with van der Waals surface area (Å²) < 4.78 is 18.6. The number of esters is 1. The second-order valence-corrected chi connectivity index (χ2v) is 9.58. The summed E-state index contributed by atoms with van der Waals surface area (Å²) in [6.07, 6.45) is 4.79. The molecule has 1 N–H and O–H groups in total. The molecule has 1 amide bonds. The fourth-order valence-electron chi connectivity index (χ4n) is 4.65. The van der Waals surface area contributed by atoms with Crippen LogP contribution in [-0.2, 0) is 20.9 Å². The molecule has 4 heterocycles. The zero-order valence-corrected chi connectivity index (χ0v) is 20.7. The van der Waals surface area contributed by atoms with Crippen LogP contribution in [0.25, 0.3) is 21.8 Å². The number of aromatic nitrogens is 4. The third kappa shape index (κ3) is 4.47. The van der Waals surface area contributed by atoms with Crippen molar-refractivity contribution in [2.75, 3.05) is 19.0 Å². The third-order valence-corrected chi connectivity index (χ3v) is 7.32. The first kappa shape index (κ1) is 23.3. The molecule has 10 nitrogen and oxygen atoms in total. The molecule has 0 atom stereocenters. The van der Waals surface area contributed by atoms with Crippen LogP contribution in [0.2, 0.25) is 0 Å². The molecule has 3 aromatic rings. The van der Waals surface area contributed by atoms with Crippen LogP contribution in [0, 0.1) is 5.92 Å². The molecular weight excluding hydrogens is 470 g/mol. The van der Waals surface area contributed by atoms with E-state index in [0.29, 0.717) is 29.1 Å². The van der Waals surface area contributed by atoms with Gasteiger partial charge in [0, 0.05) is 24.8 Å². The van der Waals surface area contributed by atoms with Crippen molar-refractivity contribution in [3.63, 3.8) is 0 Å². The van der Waals surface area contributed by atoms with Gasteiger partial charge < -0.3 is 19.5 Å². The van der Waals surface area contributed by atoms with Crippen molar-refractivity contribution in [1.29, 1.82) is 0 Å². The number of thiazole rings is 1. The third-order valence-electron chi connectivity index (χ3n) is 6.30. The number of amides is 1. The number of anilines is 1. The lowest BCUT2D eigenvalue weighted by Crippen LogP contribution is -2.26. The van der Waals surface area contributed by atoms with Crippen molar-refractivity contribution in [1.82, 2.24) is 19.7 Å². The van der Waals surface area contributed by atoms with E-state index in [2.05, 4.69) is 15.3 Å². The van der Waals surface area contributed by atoms with E-state index >= 15 is 0 Å². The van der Waals surface area contributed by atoms with Crippen LogP contribution >= 0.6 is 11.3 Å². The first-order valence-corrected chi connectivity index (χ1v) is 12.5. The van der Waals surface area contributed by atoms with Gasteiger partial charge in [-0.3, -0.25) is 14.3 Å². The number of nitrogens with zero attached hydrogens (tertiary/aromatic N) is 4. The quantitative estimate of drug-likeness (QED) is 0.503. The van der Waals surface area contributed by atoms with Crippen LogP contribution in [0.5, 0.6) is 11.6 Å². The van der Waals surface area contributed by atoms with Gasteiger partial charge in [-0.15, -0.1) is 0 Å². The molecule has 0 aromatic carbocycles. The number of rotatable bonds is 6. The molecule has 1 saturated carbocycles. The zero-order chi connectivity index (χ0) is 24.5. The summed E-state index contributed by atoms with van der Waals surface area (Å²) in [5.41, 5.74) is 3.14. The maximum absolute atomic E-state index is 12.2. The molecule has 0 unspecified atom stereocenters. The Morgan fingerprint density at radius 1 is 1.26 bits per heavy atom. The second-order valence-electron chi connectivity index (χ2n) is 8.58. The van der Waals surface area contributed by atoms with Gasteiger partial charge in [0.15, 0.2) is 10.9 Å². The number of hydrogen-bond acceptors (Lipinski definition) is 9. The Balaban J connectivity index is 1.54. The highest BCUT2D eigenvalue weighted by atomic mass is 32.1. The van der Waals surface area contributed by atoms with Gasteiger partial charge in [0.1, 0.15) is 23.7 Å². The minimum absolute atomic E-state index is 0.0792. The van der Waals surface area contributed by atoms with Gasteiger partial charge in [-0.25, -0.2) is 9.97 Å². The molecule has 35 heavy (non-hydrogen) atoms. The van der Waals surface area contributed by atoms with E-state index in [-0.39, 0.29) is 30.4 Å². The van der Waals surface area contributed by atoms with E-state index in [0.717, 1.165) is 47.5 Å². The number of carbonyl (C=O) groups is 2. The summed E-state index contributed by atoms with van der Waals surface area (Å²) in [4.78, 5) is 33.7. The second kappa shape index (κ2) is 9.65. The molecular formula is C24H27N5O5S. The van der Waals surface area contributed by atoms with E-state index in [9.17, 15) is 9.59 Å². The first-order chi connectivity index (χ1) is 17.0. The van der Waals surface area contributed by atoms with Crippen LogP contribution in [0.1, 0.15) is 51.3 Å². The average molecular weight is 498 g/mol. The minimum Gasteiger partial charge on any atom is -0.483 e. The van der Waals surface area contributed by atoms with Gasteiger partial charge in [0.2, 0.25) is 11.8 Å². The van der Waals surface area contributed by atoms with Crippen molar-refractivity contribution >= 4 is 28.3 Å². The molecule has 1 aliphatic heterocycles. The molecule has 1 fully saturated rings. The molecule has 0 bridgehead atoms. The van der Waals surface area contributed by atoms with Gasteiger partial charge in [-0.2, -0.15) is 5.10 Å². The molecule has 0 saturated heterocycles. The number of nitrogens with one attached hydrogen (secondary N) is 1. The first-order valence-electron chi connectivity index (χ1n) is 11.7. The maximum Gasteiger partial charge on any atom is 0.308 e. The van der Waals surface area contributed by atoms with E-state index in [1.165, 1.54) is 18.3 Å². The summed E-state index contributed by atoms with van der Waals surface area (Å²) in [6, 6.07) is 3.79. The summed E-state index contributed by atoms with van der Waals surface area (Å²) in [7, 11) is 1.58. The number of hydrogen-bond donors (Lipinski definition) is 1. The van der Waals surface area contributed by atoms with Crippen LogP contribution in [-0.4, -0.2) is 45.3 Å². The predicted molar refractivity (Wildman–Crippen MR) is 129 cm³/mol. The molecule has 5 rings (SSSR count). The number of carbonyl (C=O) groups excluding carboxylic acids is 2. The fourth-order valence-corrected chi connectivity index (χ4v) is 5.70. The zero-order valence-electron chi connectivity index (χ0n) is 19.9. The Hall–Kier alpha value is -3.47. The Morgan fingerprint density at radius 2 is 2.06 bits per heavy atom. The Bertz CT molecular complexity index is 1240. The molecule has 11 heteroatoms. The lowest BCUT2D eigenvalue weighted by Gasteiger charge is -2.28. The number of methoxy groups -OCH3 is 1. The van der Waals surface area contributed by atoms with Crippen molar-refractivity contribution in [3.05, 3.63) is 24.0 Å². The highest BCUT2D eigenvalue weighted by Gasteiger charge is 2.36. The lowest BCUT2D eigenvalue weighted by atomic mass is 9.86. The van der Waals surface area contributed by atoms with E-state index < -0.39 is 0 Å². The summed E-state index contributed by atoms with van der Waals surface area (Å²) in [5.74, 6) is 0.823. The van der Waals surface area contributed by atoms with Crippen molar-refractivity contribution in [2.24, 2.45) is 5.92 Å². The highest BCUT2D eigenvalue weighted by Crippen LogP contribution is 2.49. The maximum atomic E-state index is 12.2. The minimum atomic E-state index is -0.173. The smallest absolute Gasteiger partial charge is 0.308 e. The molecule has 0 radical (unpaired) electrons. The van der Waals surface area contributed by atoms with Gasteiger partial charge in [0.05, 0.1) is 30.6 Å². The van der Waals surface area contributed by atoms with Crippen molar-refractivity contribution in [2.45, 2.75) is 52.2 Å². The SMILES string of the molecule is CCOC(=O)[C@H]1CC[C@H](n2nc(-c3ccc(OC)nc3)c3c2-c2sc(NC(C)=O)nc2CO3)CC1. The molecule has 3 aromatic heterocycles. The fraction of sp³-hybridized carbons (Fsp3) is 0.458. The monoisotopic (exact) mass is 497 g/mol. The van der Waals surface area contributed by atoms with Gasteiger partial charge in [-0.05, 0) is 38.7 Å². The Morgan fingerprint density at radius 3 is 2.71 bits per heavy atom. The van der Waals surface area contributed by atoms with Gasteiger partial charge in [0.25, 0.3) is 0 Å². The van der Waals surface area contributed by atoms with E-state index in [1.807, 2.05) is 17.7 Å². The summed E-state index contributed by atoms with van der Waals surface area (Å²) in [5, 5.41) is 8.32. The van der Waals surface area contributed by atoms with E-state index in [4.69, 9.17) is 19.3 Å². The largest absolute Gasteiger partial charge is 0.483 e. The van der Waals surface area contributed by atoms with Crippen LogP contribution < -0.4 is 14.8 Å². The Kier molecular flexibility index (Phi) is 6.42. The van der Waals surface area contributed by atoms with Crippen molar-refractivity contribution in [3.8, 4) is 33.5 Å². The highest BCUT2D eigenvalue weighted by molar-refractivity contribution is 7.19. The van der Waals surface area contributed by atoms with Crippen molar-refractivity contribution < 1.29 is 23.8 Å². The number of pyridine rings is 1. The molecule has 1 aliphatic carbocycles.